The molecule has 1 atom stereocenters. The summed E-state index contributed by atoms with van der Waals surface area (Å²) in [5, 5.41) is 0. The summed E-state index contributed by atoms with van der Waals surface area (Å²) in [5.74, 6) is -1.36. The molecule has 0 aromatic carbocycles. The van der Waals surface area contributed by atoms with E-state index >= 15 is 0 Å². The number of amides is 2. The van der Waals surface area contributed by atoms with E-state index in [0.717, 1.165) is 19.8 Å². The van der Waals surface area contributed by atoms with Gasteiger partial charge in [-0.3, -0.25) is 9.59 Å². The molecule has 0 saturated carbocycles. The van der Waals surface area contributed by atoms with Gasteiger partial charge in [-0.15, -0.1) is 0 Å². The van der Waals surface area contributed by atoms with Crippen LogP contribution < -0.4 is 5.63 Å². The van der Waals surface area contributed by atoms with Crippen molar-refractivity contribution in [3.05, 3.63) is 33.4 Å². The Morgan fingerprint density at radius 1 is 1.40 bits per heavy atom. The van der Waals surface area contributed by atoms with Gasteiger partial charge in [-0.25, -0.2) is 14.1 Å². The van der Waals surface area contributed by atoms with Gasteiger partial charge in [0.15, 0.2) is 6.30 Å². The van der Waals surface area contributed by atoms with Gasteiger partial charge in [-0.05, 0) is 25.3 Å². The first-order chi connectivity index (χ1) is 9.45. The number of alkyl halides is 1. The topological polar surface area (TPSA) is 67.6 Å². The fourth-order valence-electron chi connectivity index (χ4n) is 2.36. The molecule has 0 radical (unpaired) electrons. The van der Waals surface area contributed by atoms with E-state index in [9.17, 15) is 18.8 Å². The Morgan fingerprint density at radius 2 is 2.10 bits per heavy atom. The van der Waals surface area contributed by atoms with Crippen LogP contribution in [0.1, 0.15) is 48.4 Å². The van der Waals surface area contributed by atoms with Crippen molar-refractivity contribution in [3.63, 3.8) is 0 Å². The van der Waals surface area contributed by atoms with E-state index < -0.39 is 23.7 Å². The summed E-state index contributed by atoms with van der Waals surface area (Å²) in [5.41, 5.74) is 0.112. The molecule has 1 aliphatic rings. The highest BCUT2D eigenvalue weighted by Gasteiger charge is 2.37. The number of fused-ring (bicyclic) bond motifs is 1. The van der Waals surface area contributed by atoms with Crippen LogP contribution in [0.4, 0.5) is 4.39 Å². The fourth-order valence-corrected chi connectivity index (χ4v) is 2.36. The Kier molecular flexibility index (Phi) is 4.01. The summed E-state index contributed by atoms with van der Waals surface area (Å²) in [6.45, 7) is 3.12. The van der Waals surface area contributed by atoms with Crippen LogP contribution in [-0.4, -0.2) is 23.0 Å². The molecule has 0 bridgehead atoms. The van der Waals surface area contributed by atoms with E-state index in [1.165, 1.54) is 6.07 Å². The van der Waals surface area contributed by atoms with Crippen molar-refractivity contribution in [3.8, 4) is 0 Å². The monoisotopic (exact) mass is 281 g/mol. The van der Waals surface area contributed by atoms with Crippen LogP contribution in [0.15, 0.2) is 15.3 Å². The number of imide groups is 1. The summed E-state index contributed by atoms with van der Waals surface area (Å²) >= 11 is 0. The minimum atomic E-state index is -1.70. The minimum absolute atomic E-state index is 0.0514. The van der Waals surface area contributed by atoms with Gasteiger partial charge in [-0.2, -0.15) is 0 Å². The predicted octanol–water partition coefficient (Wildman–Crippen LogP) is 1.82. The smallest absolute Gasteiger partial charge is 0.336 e. The quantitative estimate of drug-likeness (QED) is 0.623. The molecule has 6 heteroatoms. The Hall–Kier alpha value is -1.98. The molecule has 0 saturated heterocycles. The highest BCUT2D eigenvalue weighted by atomic mass is 19.1. The van der Waals surface area contributed by atoms with Gasteiger partial charge in [0, 0.05) is 6.07 Å². The van der Waals surface area contributed by atoms with Gasteiger partial charge in [-0.1, -0.05) is 13.3 Å². The van der Waals surface area contributed by atoms with Crippen molar-refractivity contribution in [1.82, 2.24) is 4.90 Å². The van der Waals surface area contributed by atoms with Crippen LogP contribution >= 0.6 is 0 Å². The molecule has 0 fully saturated rings. The lowest BCUT2D eigenvalue weighted by Gasteiger charge is -2.27. The van der Waals surface area contributed by atoms with Gasteiger partial charge in [0.25, 0.3) is 5.91 Å². The lowest BCUT2D eigenvalue weighted by atomic mass is 9.96. The SMILES string of the molecule is CCCCc1cc(=O)oc2c1C(=O)N(C(C)F)C(=O)C2. The zero-order chi connectivity index (χ0) is 14.9. The lowest BCUT2D eigenvalue weighted by Crippen LogP contribution is -2.46. The number of rotatable bonds is 4. The third-order valence-corrected chi connectivity index (χ3v) is 3.28. The van der Waals surface area contributed by atoms with Crippen molar-refractivity contribution in [1.29, 1.82) is 0 Å². The van der Waals surface area contributed by atoms with E-state index in [1.54, 1.807) is 0 Å². The van der Waals surface area contributed by atoms with E-state index in [2.05, 4.69) is 0 Å². The standard InChI is InChI=1S/C14H16FNO4/c1-3-4-5-9-6-12(18)20-10-7-11(17)16(8(2)15)14(19)13(9)10/h6,8H,3-5,7H2,1-2H3. The molecule has 2 heterocycles. The molecule has 2 amide bonds. The van der Waals surface area contributed by atoms with Crippen molar-refractivity contribution >= 4 is 11.8 Å². The summed E-state index contributed by atoms with van der Waals surface area (Å²) < 4.78 is 18.4. The molecular formula is C14H16FNO4. The van der Waals surface area contributed by atoms with E-state index in [4.69, 9.17) is 4.42 Å². The number of hydrogen-bond donors (Lipinski definition) is 0. The normalized spacial score (nSPS) is 16.2. The number of unbranched alkanes of at least 4 members (excludes halogenated alkanes) is 1. The molecule has 108 valence electrons. The highest BCUT2D eigenvalue weighted by Crippen LogP contribution is 2.25. The number of carbonyl (C=O) groups excluding carboxylic acids is 2. The van der Waals surface area contributed by atoms with Crippen LogP contribution in [0.25, 0.3) is 0 Å². The maximum absolute atomic E-state index is 13.4. The van der Waals surface area contributed by atoms with Gasteiger partial charge in [0.2, 0.25) is 5.91 Å². The Bertz CT molecular complexity index is 606. The number of aryl methyl sites for hydroxylation is 1. The molecular weight excluding hydrogens is 265 g/mol. The van der Waals surface area contributed by atoms with Gasteiger partial charge in [0.05, 0.1) is 12.0 Å². The first-order valence-electron chi connectivity index (χ1n) is 6.62. The molecule has 0 aliphatic carbocycles. The van der Waals surface area contributed by atoms with E-state index in [0.29, 0.717) is 16.9 Å². The van der Waals surface area contributed by atoms with Crippen LogP contribution in [0, 0.1) is 0 Å². The second-order valence-electron chi connectivity index (χ2n) is 4.81. The number of nitrogens with zero attached hydrogens (tertiary/aromatic N) is 1. The molecule has 0 N–H and O–H groups in total. The van der Waals surface area contributed by atoms with Crippen LogP contribution in [-0.2, 0) is 17.6 Å². The summed E-state index contributed by atoms with van der Waals surface area (Å²) in [6.07, 6.45) is 0.256. The van der Waals surface area contributed by atoms with Gasteiger partial charge >= 0.3 is 5.63 Å². The van der Waals surface area contributed by atoms with Gasteiger partial charge < -0.3 is 4.42 Å². The third kappa shape index (κ3) is 2.50. The average Bonchev–Trinajstić information content (AvgIpc) is 2.34. The Balaban J connectivity index is 2.53. The molecule has 1 unspecified atom stereocenters. The minimum Gasteiger partial charge on any atom is -0.426 e. The molecule has 5 nitrogen and oxygen atoms in total. The summed E-state index contributed by atoms with van der Waals surface area (Å²) in [6, 6.07) is 1.25. The van der Waals surface area contributed by atoms with E-state index in [-0.39, 0.29) is 17.7 Å². The molecule has 0 spiro atoms. The highest BCUT2D eigenvalue weighted by molar-refractivity contribution is 6.10. The Morgan fingerprint density at radius 3 is 2.70 bits per heavy atom. The average molecular weight is 281 g/mol. The molecule has 1 aliphatic heterocycles. The number of hydrogen-bond acceptors (Lipinski definition) is 4. The predicted molar refractivity (Wildman–Crippen MR) is 69.0 cm³/mol. The molecule has 1 aromatic heterocycles. The number of halogens is 1. The first kappa shape index (κ1) is 14.4. The lowest BCUT2D eigenvalue weighted by molar-refractivity contribution is -0.132. The van der Waals surface area contributed by atoms with Crippen molar-refractivity contribution < 1.29 is 18.4 Å². The maximum Gasteiger partial charge on any atom is 0.336 e. The summed E-state index contributed by atoms with van der Waals surface area (Å²) in [4.78, 5) is 36.1. The molecule has 20 heavy (non-hydrogen) atoms. The second kappa shape index (κ2) is 5.56. The van der Waals surface area contributed by atoms with E-state index in [1.807, 2.05) is 6.92 Å². The molecule has 1 aromatic rings. The van der Waals surface area contributed by atoms with Crippen molar-refractivity contribution in [2.75, 3.05) is 0 Å². The first-order valence-corrected chi connectivity index (χ1v) is 6.62. The second-order valence-corrected chi connectivity index (χ2v) is 4.81. The summed E-state index contributed by atoms with van der Waals surface area (Å²) in [7, 11) is 0. The zero-order valence-electron chi connectivity index (χ0n) is 11.4. The van der Waals surface area contributed by atoms with Crippen molar-refractivity contribution in [2.45, 2.75) is 45.8 Å². The van der Waals surface area contributed by atoms with Crippen LogP contribution in [0.2, 0.25) is 0 Å². The van der Waals surface area contributed by atoms with Gasteiger partial charge in [0.1, 0.15) is 5.76 Å². The molecule has 2 rings (SSSR count). The van der Waals surface area contributed by atoms with Crippen LogP contribution in [0.5, 0.6) is 0 Å². The maximum atomic E-state index is 13.4. The van der Waals surface area contributed by atoms with Crippen LogP contribution in [0.3, 0.4) is 0 Å². The Labute approximate surface area is 115 Å². The largest absolute Gasteiger partial charge is 0.426 e. The third-order valence-electron chi connectivity index (χ3n) is 3.28. The zero-order valence-corrected chi connectivity index (χ0v) is 11.4. The number of carbonyl (C=O) groups is 2. The fraction of sp³-hybridized carbons (Fsp3) is 0.500. The van der Waals surface area contributed by atoms with Crippen molar-refractivity contribution in [2.24, 2.45) is 0 Å².